The van der Waals surface area contributed by atoms with Crippen LogP contribution in [0.1, 0.15) is 16.7 Å². The monoisotopic (exact) mass is 300 g/mol. The Kier molecular flexibility index (Phi) is 5.08. The molecule has 2 aromatic carbocycles. The molecule has 0 radical (unpaired) electrons. The quantitative estimate of drug-likeness (QED) is 0.465. The molecule has 0 bridgehead atoms. The molecule has 0 aliphatic rings. The van der Waals surface area contributed by atoms with Gasteiger partial charge < -0.3 is 9.57 Å². The van der Waals surface area contributed by atoms with Crippen molar-refractivity contribution >= 4 is 11.9 Å². The molecule has 114 valence electrons. The van der Waals surface area contributed by atoms with Crippen LogP contribution >= 0.6 is 0 Å². The van der Waals surface area contributed by atoms with Crippen molar-refractivity contribution in [3.8, 4) is 5.75 Å². The minimum Gasteiger partial charge on any atom is -0.497 e. The molecule has 0 N–H and O–H groups in total. The second kappa shape index (κ2) is 7.21. The number of aryl methyl sites for hydroxylation is 1. The van der Waals surface area contributed by atoms with Gasteiger partial charge in [-0.3, -0.25) is 10.1 Å². The number of rotatable bonds is 6. The first-order chi connectivity index (χ1) is 10.6. The summed E-state index contributed by atoms with van der Waals surface area (Å²) in [6.07, 6.45) is 1.60. The fourth-order valence-electron chi connectivity index (χ4n) is 1.89. The predicted octanol–water partition coefficient (Wildman–Crippen LogP) is 3.46. The van der Waals surface area contributed by atoms with E-state index in [4.69, 9.17) is 9.57 Å². The number of hydrogen-bond acceptors (Lipinski definition) is 5. The van der Waals surface area contributed by atoms with Gasteiger partial charge in [0.2, 0.25) is 0 Å². The Hall–Kier alpha value is -2.89. The van der Waals surface area contributed by atoms with Crippen LogP contribution in [0.5, 0.6) is 5.75 Å². The van der Waals surface area contributed by atoms with E-state index in [9.17, 15) is 10.1 Å². The van der Waals surface area contributed by atoms with Crippen LogP contribution in [0.15, 0.2) is 47.6 Å². The largest absolute Gasteiger partial charge is 0.497 e. The third kappa shape index (κ3) is 4.05. The lowest BCUT2D eigenvalue weighted by atomic mass is 10.1. The van der Waals surface area contributed by atoms with Gasteiger partial charge in [0.15, 0.2) is 0 Å². The summed E-state index contributed by atoms with van der Waals surface area (Å²) in [5.41, 5.74) is 2.66. The second-order valence-corrected chi connectivity index (χ2v) is 4.66. The SMILES string of the molecule is COc1ccc(/C=N\OCc2cccc([N+](=O)[O-])c2)c(C)c1. The average molecular weight is 300 g/mol. The Bertz CT molecular complexity index is 698. The molecule has 0 saturated carbocycles. The third-order valence-electron chi connectivity index (χ3n) is 3.10. The Morgan fingerprint density at radius 2 is 2.09 bits per heavy atom. The molecule has 0 aromatic heterocycles. The van der Waals surface area contributed by atoms with Gasteiger partial charge in [-0.05, 0) is 41.8 Å². The molecular formula is C16H16N2O4. The molecule has 0 atom stereocenters. The van der Waals surface area contributed by atoms with Crippen LogP contribution in [-0.2, 0) is 11.4 Å². The molecule has 0 unspecified atom stereocenters. The van der Waals surface area contributed by atoms with Crippen LogP contribution < -0.4 is 4.74 Å². The van der Waals surface area contributed by atoms with Crippen molar-refractivity contribution in [2.24, 2.45) is 5.16 Å². The average Bonchev–Trinajstić information content (AvgIpc) is 2.53. The summed E-state index contributed by atoms with van der Waals surface area (Å²) in [6.45, 7) is 2.12. The molecular weight excluding hydrogens is 284 g/mol. The van der Waals surface area contributed by atoms with Crippen LogP contribution in [0.3, 0.4) is 0 Å². The topological polar surface area (TPSA) is 74.0 Å². The summed E-state index contributed by atoms with van der Waals surface area (Å²) in [7, 11) is 1.62. The van der Waals surface area contributed by atoms with E-state index in [2.05, 4.69) is 5.16 Å². The van der Waals surface area contributed by atoms with E-state index in [-0.39, 0.29) is 12.3 Å². The normalized spacial score (nSPS) is 10.6. The Balaban J connectivity index is 1.96. The van der Waals surface area contributed by atoms with Gasteiger partial charge in [0, 0.05) is 12.1 Å². The number of nitrogens with zero attached hydrogens (tertiary/aromatic N) is 2. The van der Waals surface area contributed by atoms with Crippen LogP contribution in [0.4, 0.5) is 5.69 Å². The minimum atomic E-state index is -0.437. The fourth-order valence-corrected chi connectivity index (χ4v) is 1.89. The van der Waals surface area contributed by atoms with Crippen molar-refractivity contribution < 1.29 is 14.5 Å². The number of methoxy groups -OCH3 is 1. The molecule has 0 saturated heterocycles. The number of nitro benzene ring substituents is 1. The summed E-state index contributed by atoms with van der Waals surface area (Å²) >= 11 is 0. The molecule has 6 heteroatoms. The lowest BCUT2D eigenvalue weighted by Crippen LogP contribution is -1.93. The maximum absolute atomic E-state index is 10.7. The lowest BCUT2D eigenvalue weighted by molar-refractivity contribution is -0.384. The van der Waals surface area contributed by atoms with Gasteiger partial charge in [-0.15, -0.1) is 0 Å². The smallest absolute Gasteiger partial charge is 0.269 e. The predicted molar refractivity (Wildman–Crippen MR) is 83.2 cm³/mol. The number of benzene rings is 2. The van der Waals surface area contributed by atoms with Crippen LogP contribution in [0, 0.1) is 17.0 Å². The van der Waals surface area contributed by atoms with Gasteiger partial charge in [-0.1, -0.05) is 17.3 Å². The van der Waals surface area contributed by atoms with Crippen molar-refractivity contribution in [3.63, 3.8) is 0 Å². The lowest BCUT2D eigenvalue weighted by Gasteiger charge is -2.04. The second-order valence-electron chi connectivity index (χ2n) is 4.66. The van der Waals surface area contributed by atoms with Crippen molar-refractivity contribution in [1.29, 1.82) is 0 Å². The first-order valence-corrected chi connectivity index (χ1v) is 6.63. The fraction of sp³-hybridized carbons (Fsp3) is 0.188. The van der Waals surface area contributed by atoms with E-state index in [0.29, 0.717) is 5.56 Å². The van der Waals surface area contributed by atoms with Crippen molar-refractivity contribution in [1.82, 2.24) is 0 Å². The maximum Gasteiger partial charge on any atom is 0.269 e. The number of non-ortho nitro benzene ring substituents is 1. The molecule has 6 nitrogen and oxygen atoms in total. The minimum absolute atomic E-state index is 0.0380. The van der Waals surface area contributed by atoms with Gasteiger partial charge in [0.25, 0.3) is 5.69 Å². The van der Waals surface area contributed by atoms with E-state index in [1.54, 1.807) is 25.5 Å². The van der Waals surface area contributed by atoms with Crippen molar-refractivity contribution in [2.45, 2.75) is 13.5 Å². The zero-order valence-corrected chi connectivity index (χ0v) is 12.4. The third-order valence-corrected chi connectivity index (χ3v) is 3.10. The van der Waals surface area contributed by atoms with E-state index in [1.165, 1.54) is 12.1 Å². The number of nitro groups is 1. The molecule has 0 spiro atoms. The van der Waals surface area contributed by atoms with Gasteiger partial charge in [0.1, 0.15) is 12.4 Å². The Labute approximate surface area is 128 Å². The molecule has 0 heterocycles. The van der Waals surface area contributed by atoms with Crippen LogP contribution in [0.2, 0.25) is 0 Å². The van der Waals surface area contributed by atoms with Crippen LogP contribution in [0.25, 0.3) is 0 Å². The van der Waals surface area contributed by atoms with E-state index in [0.717, 1.165) is 16.9 Å². The molecule has 2 aromatic rings. The summed E-state index contributed by atoms with van der Waals surface area (Å²) in [5.74, 6) is 0.784. The Morgan fingerprint density at radius 3 is 2.77 bits per heavy atom. The van der Waals surface area contributed by atoms with Crippen molar-refractivity contribution in [3.05, 3.63) is 69.3 Å². The van der Waals surface area contributed by atoms with E-state index in [1.807, 2.05) is 25.1 Å². The summed E-state index contributed by atoms with van der Waals surface area (Å²) in [6, 6.07) is 11.9. The molecule has 0 fully saturated rings. The van der Waals surface area contributed by atoms with Gasteiger partial charge in [-0.25, -0.2) is 0 Å². The summed E-state index contributed by atoms with van der Waals surface area (Å²) in [4.78, 5) is 15.4. The highest BCUT2D eigenvalue weighted by molar-refractivity contribution is 5.81. The van der Waals surface area contributed by atoms with E-state index >= 15 is 0 Å². The van der Waals surface area contributed by atoms with Crippen LogP contribution in [-0.4, -0.2) is 18.2 Å². The van der Waals surface area contributed by atoms with Crippen molar-refractivity contribution in [2.75, 3.05) is 7.11 Å². The molecule has 0 aliphatic heterocycles. The summed E-state index contributed by atoms with van der Waals surface area (Å²) < 4.78 is 5.13. The molecule has 0 amide bonds. The standard InChI is InChI=1S/C16H16N2O4/c1-12-8-16(21-2)7-6-14(12)10-17-22-11-13-4-3-5-15(9-13)18(19)20/h3-10H,11H2,1-2H3/b17-10-. The highest BCUT2D eigenvalue weighted by atomic mass is 16.6. The van der Waals surface area contributed by atoms with Gasteiger partial charge in [-0.2, -0.15) is 0 Å². The zero-order valence-electron chi connectivity index (χ0n) is 12.4. The molecule has 22 heavy (non-hydrogen) atoms. The highest BCUT2D eigenvalue weighted by Crippen LogP contribution is 2.16. The number of oxime groups is 1. The maximum atomic E-state index is 10.7. The van der Waals surface area contributed by atoms with Gasteiger partial charge in [0.05, 0.1) is 18.2 Å². The Morgan fingerprint density at radius 1 is 1.27 bits per heavy atom. The van der Waals surface area contributed by atoms with Gasteiger partial charge >= 0.3 is 0 Å². The van der Waals surface area contributed by atoms with E-state index < -0.39 is 4.92 Å². The summed E-state index contributed by atoms with van der Waals surface area (Å²) in [5, 5.41) is 14.6. The highest BCUT2D eigenvalue weighted by Gasteiger charge is 2.05. The number of ether oxygens (including phenoxy) is 1. The molecule has 0 aliphatic carbocycles. The zero-order chi connectivity index (χ0) is 15.9. The first-order valence-electron chi connectivity index (χ1n) is 6.63. The molecule has 2 rings (SSSR count). The number of hydrogen-bond donors (Lipinski definition) is 0. The first kappa shape index (κ1) is 15.5.